The second-order valence-corrected chi connectivity index (χ2v) is 3.22. The summed E-state index contributed by atoms with van der Waals surface area (Å²) in [7, 11) is 0. The summed E-state index contributed by atoms with van der Waals surface area (Å²) >= 11 is 0. The van der Waals surface area contributed by atoms with Crippen molar-refractivity contribution in [2.45, 2.75) is 25.0 Å². The molecule has 12 heavy (non-hydrogen) atoms. The number of aliphatic hydroxyl groups excluding tert-OH is 2. The normalized spacial score (nSPS) is 28.2. The highest BCUT2D eigenvalue weighted by Gasteiger charge is 2.24. The van der Waals surface area contributed by atoms with Gasteiger partial charge >= 0.3 is 0 Å². The smallest absolute Gasteiger partial charge is 0.0842 e. The highest BCUT2D eigenvalue weighted by Crippen LogP contribution is 2.20. The highest BCUT2D eigenvalue weighted by molar-refractivity contribution is 5.30. The first-order valence-electron chi connectivity index (χ1n) is 4.12. The Morgan fingerprint density at radius 3 is 2.83 bits per heavy atom. The fourth-order valence-corrected chi connectivity index (χ4v) is 1.59. The number of hydrogen-bond acceptors (Lipinski definition) is 2. The van der Waals surface area contributed by atoms with Crippen LogP contribution in [0.2, 0.25) is 0 Å². The van der Waals surface area contributed by atoms with Crippen LogP contribution in [0.5, 0.6) is 0 Å². The molecule has 0 fully saturated rings. The Balaban J connectivity index is 2.34. The largest absolute Gasteiger partial charge is 0.390 e. The Kier molecular flexibility index (Phi) is 1.87. The fourth-order valence-electron chi connectivity index (χ4n) is 1.59. The van der Waals surface area contributed by atoms with Crippen LogP contribution < -0.4 is 0 Å². The van der Waals surface area contributed by atoms with Crippen LogP contribution in [-0.2, 0) is 12.8 Å². The zero-order valence-corrected chi connectivity index (χ0v) is 6.70. The molecular formula is C10H11O2. The Morgan fingerprint density at radius 1 is 1.25 bits per heavy atom. The molecule has 2 N–H and O–H groups in total. The Labute approximate surface area is 71.5 Å². The predicted molar refractivity (Wildman–Crippen MR) is 44.7 cm³/mol. The fraction of sp³-hybridized carbons (Fsp3) is 0.400. The molecule has 1 aromatic carbocycles. The number of fused-ring (bicyclic) bond motifs is 1. The van der Waals surface area contributed by atoms with Gasteiger partial charge in [0.2, 0.25) is 0 Å². The third-order valence-corrected chi connectivity index (χ3v) is 2.33. The number of benzene rings is 1. The first kappa shape index (κ1) is 7.77. The molecule has 0 unspecified atom stereocenters. The van der Waals surface area contributed by atoms with E-state index in [4.69, 9.17) is 0 Å². The molecule has 0 saturated heterocycles. The maximum absolute atomic E-state index is 9.36. The molecule has 0 amide bonds. The number of rotatable bonds is 0. The minimum Gasteiger partial charge on any atom is -0.390 e. The van der Waals surface area contributed by atoms with E-state index < -0.39 is 12.2 Å². The van der Waals surface area contributed by atoms with Gasteiger partial charge in [-0.25, -0.2) is 0 Å². The van der Waals surface area contributed by atoms with E-state index in [2.05, 4.69) is 6.07 Å². The Bertz CT molecular complexity index is 254. The molecule has 2 nitrogen and oxygen atoms in total. The van der Waals surface area contributed by atoms with Gasteiger partial charge in [0.25, 0.3) is 0 Å². The van der Waals surface area contributed by atoms with E-state index >= 15 is 0 Å². The lowest BCUT2D eigenvalue weighted by Gasteiger charge is -2.25. The van der Waals surface area contributed by atoms with Crippen LogP contribution >= 0.6 is 0 Å². The molecule has 2 rings (SSSR count). The van der Waals surface area contributed by atoms with Crippen LogP contribution in [0.4, 0.5) is 0 Å². The molecule has 0 bridgehead atoms. The topological polar surface area (TPSA) is 40.5 Å². The van der Waals surface area contributed by atoms with E-state index in [-0.39, 0.29) is 0 Å². The average Bonchev–Trinajstić information content (AvgIpc) is 2.07. The van der Waals surface area contributed by atoms with Crippen molar-refractivity contribution < 1.29 is 10.2 Å². The van der Waals surface area contributed by atoms with Gasteiger partial charge in [-0.2, -0.15) is 0 Å². The molecule has 1 aliphatic rings. The standard InChI is InChI=1S/C10H11O2/c11-9-5-7-3-1-2-4-8(7)6-10(9)12/h1-3,9-12H,5-6H2/t9-,10+/m0/s1. The van der Waals surface area contributed by atoms with Crippen LogP contribution in [0.3, 0.4) is 0 Å². The minimum atomic E-state index is -0.615. The average molecular weight is 163 g/mol. The minimum absolute atomic E-state index is 0.525. The van der Waals surface area contributed by atoms with Crippen molar-refractivity contribution in [2.75, 3.05) is 0 Å². The van der Waals surface area contributed by atoms with Crippen molar-refractivity contribution in [1.29, 1.82) is 0 Å². The van der Waals surface area contributed by atoms with E-state index in [1.54, 1.807) is 0 Å². The molecule has 1 radical (unpaired) electrons. The molecule has 63 valence electrons. The summed E-state index contributed by atoms with van der Waals surface area (Å²) in [6.45, 7) is 0. The number of aliphatic hydroxyl groups is 2. The number of hydrogen-bond donors (Lipinski definition) is 2. The van der Waals surface area contributed by atoms with Crippen molar-refractivity contribution in [3.8, 4) is 0 Å². The highest BCUT2D eigenvalue weighted by atomic mass is 16.3. The van der Waals surface area contributed by atoms with Crippen LogP contribution in [0.15, 0.2) is 18.2 Å². The summed E-state index contributed by atoms with van der Waals surface area (Å²) in [5, 5.41) is 18.7. The van der Waals surface area contributed by atoms with Crippen molar-refractivity contribution in [3.63, 3.8) is 0 Å². The lowest BCUT2D eigenvalue weighted by Crippen LogP contribution is -2.34. The van der Waals surface area contributed by atoms with E-state index in [9.17, 15) is 10.2 Å². The summed E-state index contributed by atoms with van der Waals surface area (Å²) < 4.78 is 0. The molecule has 0 spiro atoms. The van der Waals surface area contributed by atoms with E-state index in [1.165, 1.54) is 0 Å². The lowest BCUT2D eigenvalue weighted by molar-refractivity contribution is 0.0141. The van der Waals surface area contributed by atoms with Crippen molar-refractivity contribution in [2.24, 2.45) is 0 Å². The zero-order chi connectivity index (χ0) is 8.55. The second kappa shape index (κ2) is 2.88. The maximum atomic E-state index is 9.36. The van der Waals surface area contributed by atoms with Gasteiger partial charge in [-0.05, 0) is 17.2 Å². The first-order chi connectivity index (χ1) is 5.77. The van der Waals surface area contributed by atoms with Crippen LogP contribution in [0, 0.1) is 6.07 Å². The van der Waals surface area contributed by atoms with Gasteiger partial charge in [0, 0.05) is 12.8 Å². The monoisotopic (exact) mass is 163 g/mol. The third-order valence-electron chi connectivity index (χ3n) is 2.33. The SMILES string of the molecule is O[C@@H]1Cc2[c]cccc2C[C@@H]1O. The quantitative estimate of drug-likeness (QED) is 0.577. The van der Waals surface area contributed by atoms with Gasteiger partial charge in [0.15, 0.2) is 0 Å². The third kappa shape index (κ3) is 1.24. The summed E-state index contributed by atoms with van der Waals surface area (Å²) in [6, 6.07) is 8.78. The van der Waals surface area contributed by atoms with Crippen LogP contribution in [0.25, 0.3) is 0 Å². The summed E-state index contributed by atoms with van der Waals surface area (Å²) in [5.74, 6) is 0. The second-order valence-electron chi connectivity index (χ2n) is 3.22. The molecule has 2 atom stereocenters. The van der Waals surface area contributed by atoms with Crippen molar-refractivity contribution >= 4 is 0 Å². The Hall–Kier alpha value is -0.860. The van der Waals surface area contributed by atoms with E-state index in [0.29, 0.717) is 12.8 Å². The van der Waals surface area contributed by atoms with Gasteiger partial charge < -0.3 is 10.2 Å². The van der Waals surface area contributed by atoms with Crippen LogP contribution in [0.1, 0.15) is 11.1 Å². The van der Waals surface area contributed by atoms with Gasteiger partial charge in [-0.1, -0.05) is 18.2 Å². The summed E-state index contributed by atoms with van der Waals surface area (Å²) in [4.78, 5) is 0. The molecular weight excluding hydrogens is 152 g/mol. The zero-order valence-electron chi connectivity index (χ0n) is 6.70. The molecule has 0 aliphatic heterocycles. The van der Waals surface area contributed by atoms with E-state index in [0.717, 1.165) is 11.1 Å². The summed E-state index contributed by atoms with van der Waals surface area (Å²) in [6.07, 6.45) is -0.144. The summed E-state index contributed by atoms with van der Waals surface area (Å²) in [5.41, 5.74) is 2.14. The molecule has 0 saturated carbocycles. The van der Waals surface area contributed by atoms with Crippen molar-refractivity contribution in [3.05, 3.63) is 35.4 Å². The first-order valence-corrected chi connectivity index (χ1v) is 4.12. The van der Waals surface area contributed by atoms with E-state index in [1.807, 2.05) is 18.2 Å². The van der Waals surface area contributed by atoms with Gasteiger partial charge in [0.05, 0.1) is 12.2 Å². The molecule has 0 heterocycles. The molecule has 1 aromatic rings. The molecule has 2 heteroatoms. The van der Waals surface area contributed by atoms with Gasteiger partial charge in [-0.3, -0.25) is 0 Å². The molecule has 0 aromatic heterocycles. The maximum Gasteiger partial charge on any atom is 0.0842 e. The van der Waals surface area contributed by atoms with Crippen molar-refractivity contribution in [1.82, 2.24) is 0 Å². The van der Waals surface area contributed by atoms with Gasteiger partial charge in [-0.15, -0.1) is 0 Å². The Morgan fingerprint density at radius 2 is 2.00 bits per heavy atom. The van der Waals surface area contributed by atoms with Gasteiger partial charge in [0.1, 0.15) is 0 Å². The van der Waals surface area contributed by atoms with Crippen LogP contribution in [-0.4, -0.2) is 22.4 Å². The molecule has 1 aliphatic carbocycles. The lowest BCUT2D eigenvalue weighted by atomic mass is 9.88. The predicted octanol–water partition coefficient (Wildman–Crippen LogP) is 0.307.